The van der Waals surface area contributed by atoms with Crippen molar-refractivity contribution in [1.82, 2.24) is 14.5 Å². The Morgan fingerprint density at radius 1 is 1.21 bits per heavy atom. The highest BCUT2D eigenvalue weighted by atomic mass is 19.4. The van der Waals surface area contributed by atoms with Gasteiger partial charge < -0.3 is 18.9 Å². The molecule has 0 amide bonds. The summed E-state index contributed by atoms with van der Waals surface area (Å²) in [4.78, 5) is 22.5. The van der Waals surface area contributed by atoms with Crippen LogP contribution in [-0.4, -0.2) is 46.4 Å². The number of anilines is 1. The van der Waals surface area contributed by atoms with Gasteiger partial charge in [-0.25, -0.2) is 9.97 Å². The predicted octanol–water partition coefficient (Wildman–Crippen LogP) is 3.28. The maximum atomic E-state index is 13.0. The molecule has 0 bridgehead atoms. The number of fused-ring (bicyclic) bond motifs is 1. The molecule has 0 saturated carbocycles. The molecule has 8 nitrogen and oxygen atoms in total. The van der Waals surface area contributed by atoms with Crippen LogP contribution in [0.5, 0.6) is 5.88 Å². The quantitative estimate of drug-likeness (QED) is 0.561. The van der Waals surface area contributed by atoms with E-state index in [0.717, 1.165) is 6.07 Å². The minimum atomic E-state index is -4.57. The summed E-state index contributed by atoms with van der Waals surface area (Å²) in [6.45, 7) is 2.93. The topological polar surface area (TPSA) is 93.3 Å². The van der Waals surface area contributed by atoms with Crippen molar-refractivity contribution in [1.29, 1.82) is 5.26 Å². The lowest BCUT2D eigenvalue weighted by Crippen LogP contribution is -2.51. The number of piperidine rings is 1. The zero-order valence-electron chi connectivity index (χ0n) is 18.5. The molecule has 1 saturated heterocycles. The van der Waals surface area contributed by atoms with Crippen molar-refractivity contribution in [2.45, 2.75) is 31.7 Å². The van der Waals surface area contributed by atoms with Gasteiger partial charge in [0.05, 0.1) is 11.2 Å². The van der Waals surface area contributed by atoms with Crippen molar-refractivity contribution in [2.24, 2.45) is 7.05 Å². The van der Waals surface area contributed by atoms with Crippen LogP contribution in [0.15, 0.2) is 41.2 Å². The second-order valence-corrected chi connectivity index (χ2v) is 7.85. The molecule has 4 heterocycles. The van der Waals surface area contributed by atoms with Gasteiger partial charge in [0.1, 0.15) is 35.2 Å². The number of hydrogen-bond donors (Lipinski definition) is 0. The highest BCUT2D eigenvalue weighted by Crippen LogP contribution is 2.31. The summed E-state index contributed by atoms with van der Waals surface area (Å²) in [5.41, 5.74) is 0.629. The van der Waals surface area contributed by atoms with E-state index in [9.17, 15) is 23.2 Å². The van der Waals surface area contributed by atoms with E-state index >= 15 is 0 Å². The summed E-state index contributed by atoms with van der Waals surface area (Å²) >= 11 is 0. The number of ether oxygens (including phenoxy) is 2. The second kappa shape index (κ2) is 9.30. The Morgan fingerprint density at radius 3 is 2.71 bits per heavy atom. The van der Waals surface area contributed by atoms with Crippen molar-refractivity contribution in [3.8, 4) is 11.9 Å². The SMILES string of the molecule is CCO[C@@H]1CN(c2cc(=O)n(C)c3ccc(C#N)nc23)CC[C@H]1Oc1cccc(C(F)(F)F)n1. The molecule has 0 aliphatic carbocycles. The van der Waals surface area contributed by atoms with Crippen LogP contribution in [-0.2, 0) is 18.0 Å². The number of halogens is 3. The molecule has 1 aliphatic heterocycles. The highest BCUT2D eigenvalue weighted by Gasteiger charge is 2.35. The van der Waals surface area contributed by atoms with Crippen LogP contribution in [0, 0.1) is 11.3 Å². The summed E-state index contributed by atoms with van der Waals surface area (Å²) in [6, 6.07) is 10.2. The fourth-order valence-corrected chi connectivity index (χ4v) is 4.03. The van der Waals surface area contributed by atoms with Crippen LogP contribution in [0.2, 0.25) is 0 Å². The Hall–Kier alpha value is -3.65. The Bertz CT molecular complexity index is 1300. The second-order valence-electron chi connectivity index (χ2n) is 7.85. The first kappa shape index (κ1) is 23.5. The number of nitrogens with zero attached hydrogens (tertiary/aromatic N) is 5. The smallest absolute Gasteiger partial charge is 0.433 e. The van der Waals surface area contributed by atoms with Crippen molar-refractivity contribution in [3.63, 3.8) is 0 Å². The van der Waals surface area contributed by atoms with Crippen molar-refractivity contribution in [2.75, 3.05) is 24.6 Å². The van der Waals surface area contributed by atoms with Gasteiger partial charge in [-0.1, -0.05) is 6.07 Å². The molecule has 4 rings (SSSR count). The van der Waals surface area contributed by atoms with Crippen LogP contribution >= 0.6 is 0 Å². The van der Waals surface area contributed by atoms with E-state index in [0.29, 0.717) is 42.8 Å². The van der Waals surface area contributed by atoms with Crippen molar-refractivity contribution in [3.05, 3.63) is 58.1 Å². The lowest BCUT2D eigenvalue weighted by atomic mass is 10.0. The van der Waals surface area contributed by atoms with E-state index in [1.807, 2.05) is 17.9 Å². The summed E-state index contributed by atoms with van der Waals surface area (Å²) in [5, 5.41) is 9.27. The minimum absolute atomic E-state index is 0.127. The number of alkyl halides is 3. The van der Waals surface area contributed by atoms with Gasteiger partial charge >= 0.3 is 6.18 Å². The fourth-order valence-electron chi connectivity index (χ4n) is 4.03. The zero-order chi connectivity index (χ0) is 24.5. The lowest BCUT2D eigenvalue weighted by Gasteiger charge is -2.39. The summed E-state index contributed by atoms with van der Waals surface area (Å²) in [6.07, 6.45) is -5.18. The molecule has 11 heteroatoms. The molecule has 0 radical (unpaired) electrons. The van der Waals surface area contributed by atoms with Gasteiger partial charge in [0.2, 0.25) is 5.88 Å². The first-order valence-corrected chi connectivity index (χ1v) is 10.7. The van der Waals surface area contributed by atoms with Gasteiger partial charge in [-0.05, 0) is 25.1 Å². The molecule has 3 aromatic rings. The average Bonchev–Trinajstić information content (AvgIpc) is 2.82. The first-order chi connectivity index (χ1) is 16.2. The van der Waals surface area contributed by atoms with E-state index in [1.165, 1.54) is 22.8 Å². The number of rotatable bonds is 5. The van der Waals surface area contributed by atoms with Crippen LogP contribution in [0.1, 0.15) is 24.7 Å². The standard InChI is InChI=1S/C23H22F3N5O3/c1-3-33-18-13-31(10-9-17(18)34-20-6-4-5-19(29-20)23(24,25)26)16-11-21(32)30(2)15-8-7-14(12-27)28-22(15)16/h4-8,11,17-18H,3,9-10,13H2,1-2H3/t17-,18-/m1/s1. The molecule has 34 heavy (non-hydrogen) atoms. The highest BCUT2D eigenvalue weighted by molar-refractivity contribution is 5.88. The molecule has 1 fully saturated rings. The summed E-state index contributed by atoms with van der Waals surface area (Å²) in [5.74, 6) is -0.127. The number of aromatic nitrogens is 3. The van der Waals surface area contributed by atoms with E-state index in [1.54, 1.807) is 19.2 Å². The van der Waals surface area contributed by atoms with Crippen LogP contribution < -0.4 is 15.2 Å². The van der Waals surface area contributed by atoms with Gasteiger partial charge in [0, 0.05) is 45.3 Å². The van der Waals surface area contributed by atoms with Gasteiger partial charge in [-0.3, -0.25) is 4.79 Å². The normalized spacial score (nSPS) is 18.6. The molecule has 0 spiro atoms. The number of nitriles is 1. The molecule has 0 aromatic carbocycles. The fraction of sp³-hybridized carbons (Fsp3) is 0.391. The first-order valence-electron chi connectivity index (χ1n) is 10.7. The molecule has 3 aromatic heterocycles. The van der Waals surface area contributed by atoms with Crippen molar-refractivity contribution < 1.29 is 22.6 Å². The molecule has 2 atom stereocenters. The molecular weight excluding hydrogens is 451 g/mol. The van der Waals surface area contributed by atoms with Gasteiger partial charge in [0.25, 0.3) is 5.56 Å². The maximum Gasteiger partial charge on any atom is 0.433 e. The van der Waals surface area contributed by atoms with Crippen LogP contribution in [0.3, 0.4) is 0 Å². The largest absolute Gasteiger partial charge is 0.471 e. The Kier molecular flexibility index (Phi) is 6.43. The van der Waals surface area contributed by atoms with Crippen molar-refractivity contribution >= 4 is 16.7 Å². The third-order valence-corrected chi connectivity index (χ3v) is 5.69. The van der Waals surface area contributed by atoms with E-state index in [4.69, 9.17) is 9.47 Å². The number of hydrogen-bond acceptors (Lipinski definition) is 7. The van der Waals surface area contributed by atoms with Gasteiger partial charge in [-0.2, -0.15) is 18.4 Å². The van der Waals surface area contributed by atoms with Crippen LogP contribution in [0.4, 0.5) is 18.9 Å². The van der Waals surface area contributed by atoms with E-state index in [2.05, 4.69) is 9.97 Å². The summed E-state index contributed by atoms with van der Waals surface area (Å²) < 4.78 is 52.2. The third-order valence-electron chi connectivity index (χ3n) is 5.69. The van der Waals surface area contributed by atoms with Gasteiger partial charge in [-0.15, -0.1) is 0 Å². The lowest BCUT2D eigenvalue weighted by molar-refractivity contribution is -0.141. The Morgan fingerprint density at radius 2 is 2.00 bits per heavy atom. The minimum Gasteiger partial charge on any atom is -0.471 e. The third kappa shape index (κ3) is 4.68. The molecule has 178 valence electrons. The maximum absolute atomic E-state index is 13.0. The number of aryl methyl sites for hydroxylation is 1. The predicted molar refractivity (Wildman–Crippen MR) is 118 cm³/mol. The zero-order valence-corrected chi connectivity index (χ0v) is 18.5. The molecular formula is C23H22F3N5O3. The number of pyridine rings is 3. The average molecular weight is 473 g/mol. The monoisotopic (exact) mass is 473 g/mol. The molecule has 0 unspecified atom stereocenters. The molecule has 0 N–H and O–H groups in total. The Labute approximate surface area is 193 Å². The Balaban J connectivity index is 1.63. The van der Waals surface area contributed by atoms with E-state index in [-0.39, 0.29) is 17.1 Å². The molecule has 1 aliphatic rings. The summed E-state index contributed by atoms with van der Waals surface area (Å²) in [7, 11) is 1.63. The van der Waals surface area contributed by atoms with E-state index < -0.39 is 24.1 Å². The van der Waals surface area contributed by atoms with Gasteiger partial charge in [0.15, 0.2) is 0 Å². The van der Waals surface area contributed by atoms with Crippen LogP contribution in [0.25, 0.3) is 11.0 Å².